The number of carbonyl (C=O) groups is 1. The average molecular weight is 351 g/mol. The van der Waals surface area contributed by atoms with Crippen LogP contribution in [0.3, 0.4) is 0 Å². The Labute approximate surface area is 157 Å². The summed E-state index contributed by atoms with van der Waals surface area (Å²) in [7, 11) is 0. The van der Waals surface area contributed by atoms with Gasteiger partial charge in [0.2, 0.25) is 5.91 Å². The molecule has 1 fully saturated rings. The van der Waals surface area contributed by atoms with Crippen LogP contribution in [0.2, 0.25) is 0 Å². The van der Waals surface area contributed by atoms with Gasteiger partial charge in [-0.25, -0.2) is 0 Å². The van der Waals surface area contributed by atoms with Crippen LogP contribution < -0.4 is 10.2 Å². The SMILES string of the molecule is Cc1ccc(CC(=O)N[C@@H](C)c2ccc(N3CCC[C@H](C)C3)cc2)cc1. The molecular formula is C23H30N2O. The number of amides is 1. The highest BCUT2D eigenvalue weighted by molar-refractivity contribution is 5.79. The third-order valence-corrected chi connectivity index (χ3v) is 5.28. The van der Waals surface area contributed by atoms with E-state index in [1.54, 1.807) is 0 Å². The van der Waals surface area contributed by atoms with Gasteiger partial charge in [-0.3, -0.25) is 4.79 Å². The first-order valence-corrected chi connectivity index (χ1v) is 9.71. The Morgan fingerprint density at radius 2 is 1.85 bits per heavy atom. The molecule has 3 heteroatoms. The van der Waals surface area contributed by atoms with Gasteiger partial charge >= 0.3 is 0 Å². The molecule has 2 atom stereocenters. The molecule has 1 N–H and O–H groups in total. The Kier molecular flexibility index (Phi) is 5.97. The third-order valence-electron chi connectivity index (χ3n) is 5.28. The lowest BCUT2D eigenvalue weighted by molar-refractivity contribution is -0.121. The highest BCUT2D eigenvalue weighted by atomic mass is 16.1. The van der Waals surface area contributed by atoms with Gasteiger partial charge in [0.15, 0.2) is 0 Å². The largest absolute Gasteiger partial charge is 0.371 e. The Morgan fingerprint density at radius 3 is 2.50 bits per heavy atom. The normalized spacial score (nSPS) is 18.4. The van der Waals surface area contributed by atoms with Gasteiger partial charge in [0.1, 0.15) is 0 Å². The van der Waals surface area contributed by atoms with Gasteiger partial charge in [0.25, 0.3) is 0 Å². The van der Waals surface area contributed by atoms with Crippen molar-refractivity contribution in [2.75, 3.05) is 18.0 Å². The number of piperidine rings is 1. The lowest BCUT2D eigenvalue weighted by Gasteiger charge is -2.33. The predicted molar refractivity (Wildman–Crippen MR) is 108 cm³/mol. The zero-order chi connectivity index (χ0) is 18.5. The molecule has 2 aromatic rings. The first-order chi connectivity index (χ1) is 12.5. The van der Waals surface area contributed by atoms with E-state index in [-0.39, 0.29) is 11.9 Å². The molecule has 3 nitrogen and oxygen atoms in total. The maximum absolute atomic E-state index is 12.3. The van der Waals surface area contributed by atoms with E-state index in [4.69, 9.17) is 0 Å². The van der Waals surface area contributed by atoms with E-state index in [1.807, 2.05) is 31.2 Å². The summed E-state index contributed by atoms with van der Waals surface area (Å²) in [5.41, 5.74) is 4.70. The molecule has 0 bridgehead atoms. The van der Waals surface area contributed by atoms with Crippen LogP contribution in [-0.2, 0) is 11.2 Å². The summed E-state index contributed by atoms with van der Waals surface area (Å²) >= 11 is 0. The standard InChI is InChI=1S/C23H30N2O/c1-17-6-8-20(9-7-17)15-23(26)24-19(3)21-10-12-22(13-11-21)25-14-4-5-18(2)16-25/h6-13,18-19H,4-5,14-16H2,1-3H3,(H,24,26)/t18-,19-/m0/s1. The molecule has 138 valence electrons. The highest BCUT2D eigenvalue weighted by Crippen LogP contribution is 2.24. The van der Waals surface area contributed by atoms with Crippen LogP contribution in [0.25, 0.3) is 0 Å². The molecule has 0 aromatic heterocycles. The molecule has 0 unspecified atom stereocenters. The first kappa shape index (κ1) is 18.5. The molecular weight excluding hydrogens is 320 g/mol. The molecule has 0 aliphatic carbocycles. The number of nitrogens with one attached hydrogen (secondary N) is 1. The van der Waals surface area contributed by atoms with Gasteiger partial charge in [-0.05, 0) is 55.9 Å². The molecule has 1 saturated heterocycles. The molecule has 1 heterocycles. The number of hydrogen-bond acceptors (Lipinski definition) is 2. The molecule has 1 amide bonds. The van der Waals surface area contributed by atoms with Gasteiger partial charge in [-0.1, -0.05) is 48.9 Å². The second-order valence-corrected chi connectivity index (χ2v) is 7.74. The summed E-state index contributed by atoms with van der Waals surface area (Å²) < 4.78 is 0. The third kappa shape index (κ3) is 4.87. The monoisotopic (exact) mass is 350 g/mol. The van der Waals surface area contributed by atoms with Crippen LogP contribution in [0, 0.1) is 12.8 Å². The summed E-state index contributed by atoms with van der Waals surface area (Å²) in [4.78, 5) is 14.8. The van der Waals surface area contributed by atoms with E-state index in [9.17, 15) is 4.79 Å². The Morgan fingerprint density at radius 1 is 1.15 bits per heavy atom. The quantitative estimate of drug-likeness (QED) is 0.851. The van der Waals surface area contributed by atoms with Gasteiger partial charge in [-0.15, -0.1) is 0 Å². The molecule has 26 heavy (non-hydrogen) atoms. The number of benzene rings is 2. The fourth-order valence-electron chi connectivity index (χ4n) is 3.66. The topological polar surface area (TPSA) is 32.3 Å². The van der Waals surface area contributed by atoms with Crippen molar-refractivity contribution < 1.29 is 4.79 Å². The molecule has 0 radical (unpaired) electrons. The number of aryl methyl sites for hydroxylation is 1. The molecule has 0 spiro atoms. The zero-order valence-electron chi connectivity index (χ0n) is 16.2. The van der Waals surface area contributed by atoms with Crippen molar-refractivity contribution in [1.82, 2.24) is 5.32 Å². The molecule has 3 rings (SSSR count). The van der Waals surface area contributed by atoms with Crippen molar-refractivity contribution in [2.24, 2.45) is 5.92 Å². The molecule has 1 aliphatic heterocycles. The van der Waals surface area contributed by atoms with Crippen LogP contribution in [0.4, 0.5) is 5.69 Å². The first-order valence-electron chi connectivity index (χ1n) is 9.71. The Hall–Kier alpha value is -2.29. The zero-order valence-corrected chi connectivity index (χ0v) is 16.2. The van der Waals surface area contributed by atoms with E-state index >= 15 is 0 Å². The number of rotatable bonds is 5. The van der Waals surface area contributed by atoms with Crippen LogP contribution in [0.1, 0.15) is 49.4 Å². The minimum atomic E-state index is 0.0160. The summed E-state index contributed by atoms with van der Waals surface area (Å²) in [6.45, 7) is 8.71. The van der Waals surface area contributed by atoms with Crippen LogP contribution in [0.15, 0.2) is 48.5 Å². The van der Waals surface area contributed by atoms with Crippen molar-refractivity contribution in [2.45, 2.75) is 46.1 Å². The molecule has 1 aliphatic rings. The van der Waals surface area contributed by atoms with Crippen LogP contribution in [0.5, 0.6) is 0 Å². The predicted octanol–water partition coefficient (Wildman–Crippen LogP) is 4.65. The van der Waals surface area contributed by atoms with E-state index in [0.29, 0.717) is 6.42 Å². The lowest BCUT2D eigenvalue weighted by atomic mass is 9.99. The fraction of sp³-hybridized carbons (Fsp3) is 0.435. The van der Waals surface area contributed by atoms with Gasteiger partial charge in [0, 0.05) is 18.8 Å². The van der Waals surface area contributed by atoms with Gasteiger partial charge in [0.05, 0.1) is 12.5 Å². The van der Waals surface area contributed by atoms with Crippen molar-refractivity contribution in [1.29, 1.82) is 0 Å². The minimum Gasteiger partial charge on any atom is -0.371 e. The van der Waals surface area contributed by atoms with Gasteiger partial charge in [-0.2, -0.15) is 0 Å². The second-order valence-electron chi connectivity index (χ2n) is 7.74. The van der Waals surface area contributed by atoms with E-state index < -0.39 is 0 Å². The summed E-state index contributed by atoms with van der Waals surface area (Å²) in [6, 6.07) is 16.8. The lowest BCUT2D eigenvalue weighted by Crippen LogP contribution is -2.34. The Bertz CT molecular complexity index is 721. The Balaban J connectivity index is 1.56. The average Bonchev–Trinajstić information content (AvgIpc) is 2.64. The van der Waals surface area contributed by atoms with Crippen LogP contribution >= 0.6 is 0 Å². The number of carbonyl (C=O) groups excluding carboxylic acids is 1. The smallest absolute Gasteiger partial charge is 0.224 e. The molecule has 0 saturated carbocycles. The summed E-state index contributed by atoms with van der Waals surface area (Å²) in [5.74, 6) is 0.832. The second kappa shape index (κ2) is 8.39. The fourth-order valence-corrected chi connectivity index (χ4v) is 3.66. The maximum atomic E-state index is 12.3. The molecule has 2 aromatic carbocycles. The van der Waals surface area contributed by atoms with Crippen molar-refractivity contribution in [3.05, 3.63) is 65.2 Å². The van der Waals surface area contributed by atoms with E-state index in [2.05, 4.69) is 48.3 Å². The number of hydrogen-bond donors (Lipinski definition) is 1. The summed E-state index contributed by atoms with van der Waals surface area (Å²) in [6.07, 6.45) is 3.03. The van der Waals surface area contributed by atoms with Crippen LogP contribution in [-0.4, -0.2) is 19.0 Å². The van der Waals surface area contributed by atoms with Crippen molar-refractivity contribution in [3.8, 4) is 0 Å². The maximum Gasteiger partial charge on any atom is 0.224 e. The van der Waals surface area contributed by atoms with Crippen molar-refractivity contribution >= 4 is 11.6 Å². The summed E-state index contributed by atoms with van der Waals surface area (Å²) in [5, 5.41) is 3.11. The van der Waals surface area contributed by atoms with E-state index in [0.717, 1.165) is 30.1 Å². The van der Waals surface area contributed by atoms with E-state index in [1.165, 1.54) is 24.1 Å². The number of nitrogens with zero attached hydrogens (tertiary/aromatic N) is 1. The highest BCUT2D eigenvalue weighted by Gasteiger charge is 2.17. The minimum absolute atomic E-state index is 0.0160. The van der Waals surface area contributed by atoms with Crippen molar-refractivity contribution in [3.63, 3.8) is 0 Å². The number of anilines is 1. The van der Waals surface area contributed by atoms with Gasteiger partial charge < -0.3 is 10.2 Å².